The Bertz CT molecular complexity index is 696. The summed E-state index contributed by atoms with van der Waals surface area (Å²) >= 11 is 2.88. The maximum absolute atomic E-state index is 12.0. The van der Waals surface area contributed by atoms with Crippen LogP contribution in [0.25, 0.3) is 0 Å². The van der Waals surface area contributed by atoms with Gasteiger partial charge in [0, 0.05) is 35.5 Å². The smallest absolute Gasteiger partial charge is 0.254 e. The lowest BCUT2D eigenvalue weighted by Crippen LogP contribution is -2.27. The number of nitrogens with zero attached hydrogens (tertiary/aromatic N) is 3. The molecule has 0 radical (unpaired) electrons. The first-order valence-electron chi connectivity index (χ1n) is 6.06. The molecule has 0 saturated heterocycles. The summed E-state index contributed by atoms with van der Waals surface area (Å²) in [5, 5.41) is 5.81. The topological polar surface area (TPSA) is 76.9 Å². The molecule has 1 amide bonds. The van der Waals surface area contributed by atoms with Crippen molar-refractivity contribution >= 4 is 34.1 Å². The Labute approximate surface area is 123 Å². The Hall–Kier alpha value is -1.67. The minimum absolute atomic E-state index is 0.0930. The molecule has 0 unspecified atom stereocenters. The van der Waals surface area contributed by atoms with Crippen molar-refractivity contribution < 1.29 is 4.79 Å². The Balaban J connectivity index is 1.75. The van der Waals surface area contributed by atoms with Crippen LogP contribution in [0.1, 0.15) is 18.2 Å². The first-order chi connectivity index (χ1) is 9.63. The molecule has 2 aromatic heterocycles. The van der Waals surface area contributed by atoms with Crippen LogP contribution in [0.4, 0.5) is 5.13 Å². The van der Waals surface area contributed by atoms with E-state index in [9.17, 15) is 9.59 Å². The number of thioether (sulfide) groups is 1. The largest absolute Gasteiger partial charge is 0.302 e. The molecule has 1 N–H and O–H groups in total. The number of hydrogen-bond donors (Lipinski definition) is 1. The zero-order valence-corrected chi connectivity index (χ0v) is 12.3. The number of aryl methyl sites for hydroxylation is 1. The fourth-order valence-corrected chi connectivity index (χ4v) is 3.82. The monoisotopic (exact) mass is 308 g/mol. The van der Waals surface area contributed by atoms with Gasteiger partial charge in [0.25, 0.3) is 5.56 Å². The van der Waals surface area contributed by atoms with Crippen LogP contribution >= 0.6 is 23.1 Å². The van der Waals surface area contributed by atoms with Crippen LogP contribution in [-0.4, -0.2) is 26.2 Å². The second-order valence-corrected chi connectivity index (χ2v) is 6.32. The second-order valence-electron chi connectivity index (χ2n) is 4.44. The first kappa shape index (κ1) is 13.3. The lowest BCUT2D eigenvalue weighted by molar-refractivity contribution is -0.116. The Morgan fingerprint density at radius 2 is 2.45 bits per heavy atom. The van der Waals surface area contributed by atoms with Crippen molar-refractivity contribution in [3.63, 3.8) is 0 Å². The fraction of sp³-hybridized carbons (Fsp3) is 0.333. The van der Waals surface area contributed by atoms with Crippen molar-refractivity contribution in [2.75, 3.05) is 11.1 Å². The highest BCUT2D eigenvalue weighted by molar-refractivity contribution is 7.99. The van der Waals surface area contributed by atoms with E-state index in [-0.39, 0.29) is 23.9 Å². The molecule has 3 heterocycles. The van der Waals surface area contributed by atoms with Gasteiger partial charge in [-0.05, 0) is 6.92 Å². The zero-order chi connectivity index (χ0) is 14.1. The van der Waals surface area contributed by atoms with Gasteiger partial charge >= 0.3 is 0 Å². The predicted octanol–water partition coefficient (Wildman–Crippen LogP) is 1.68. The van der Waals surface area contributed by atoms with Crippen LogP contribution in [0.15, 0.2) is 27.6 Å². The molecular formula is C12H12N4O2S2. The van der Waals surface area contributed by atoms with Crippen LogP contribution in [0.3, 0.4) is 0 Å². The number of amides is 1. The number of carbonyl (C=O) groups is 1. The molecule has 0 spiro atoms. The molecule has 0 fully saturated rings. The number of fused-ring (bicyclic) bond motifs is 1. The summed E-state index contributed by atoms with van der Waals surface area (Å²) in [4.78, 5) is 32.3. The predicted molar refractivity (Wildman–Crippen MR) is 78.4 cm³/mol. The van der Waals surface area contributed by atoms with Gasteiger partial charge in [-0.15, -0.1) is 11.3 Å². The number of nitrogens with one attached hydrogen (secondary N) is 1. The van der Waals surface area contributed by atoms with Crippen molar-refractivity contribution in [1.29, 1.82) is 0 Å². The molecule has 0 aliphatic carbocycles. The number of anilines is 1. The average Bonchev–Trinajstić information content (AvgIpc) is 2.99. The van der Waals surface area contributed by atoms with Gasteiger partial charge in [-0.2, -0.15) is 0 Å². The van der Waals surface area contributed by atoms with Gasteiger partial charge in [-0.1, -0.05) is 11.8 Å². The van der Waals surface area contributed by atoms with E-state index >= 15 is 0 Å². The SMILES string of the molecule is Cc1cc(=O)n2c(n1)SC[C@H]2CC(=O)Nc1nccs1. The summed E-state index contributed by atoms with van der Waals surface area (Å²) < 4.78 is 1.61. The number of aromatic nitrogens is 3. The summed E-state index contributed by atoms with van der Waals surface area (Å²) in [6.45, 7) is 1.80. The molecule has 0 saturated carbocycles. The minimum Gasteiger partial charge on any atom is -0.302 e. The van der Waals surface area contributed by atoms with Gasteiger partial charge in [0.1, 0.15) is 0 Å². The highest BCUT2D eigenvalue weighted by Gasteiger charge is 2.27. The van der Waals surface area contributed by atoms with Crippen LogP contribution in [-0.2, 0) is 4.79 Å². The van der Waals surface area contributed by atoms with E-state index in [1.807, 2.05) is 0 Å². The average molecular weight is 308 g/mol. The molecule has 2 aromatic rings. The lowest BCUT2D eigenvalue weighted by Gasteiger charge is -2.12. The van der Waals surface area contributed by atoms with E-state index in [2.05, 4.69) is 15.3 Å². The maximum Gasteiger partial charge on any atom is 0.254 e. The Morgan fingerprint density at radius 3 is 3.20 bits per heavy atom. The molecule has 20 heavy (non-hydrogen) atoms. The van der Waals surface area contributed by atoms with Crippen LogP contribution in [0, 0.1) is 6.92 Å². The molecule has 1 aliphatic heterocycles. The number of carbonyl (C=O) groups excluding carboxylic acids is 1. The normalized spacial score (nSPS) is 16.9. The molecule has 8 heteroatoms. The quantitative estimate of drug-likeness (QED) is 0.873. The van der Waals surface area contributed by atoms with Gasteiger partial charge < -0.3 is 5.32 Å². The third-order valence-electron chi connectivity index (χ3n) is 2.92. The summed E-state index contributed by atoms with van der Waals surface area (Å²) in [6, 6.07) is 1.36. The third kappa shape index (κ3) is 2.61. The summed E-state index contributed by atoms with van der Waals surface area (Å²) in [7, 11) is 0. The van der Waals surface area contributed by atoms with Gasteiger partial charge in [-0.25, -0.2) is 9.97 Å². The molecule has 3 rings (SSSR count). The van der Waals surface area contributed by atoms with Gasteiger partial charge in [0.05, 0.1) is 6.04 Å². The van der Waals surface area contributed by atoms with Crippen LogP contribution in [0.5, 0.6) is 0 Å². The van der Waals surface area contributed by atoms with Crippen molar-refractivity contribution in [3.8, 4) is 0 Å². The minimum atomic E-state index is -0.143. The van der Waals surface area contributed by atoms with Crippen LogP contribution in [0.2, 0.25) is 0 Å². The number of thiazole rings is 1. The molecule has 1 atom stereocenters. The second kappa shape index (κ2) is 5.37. The molecule has 0 aromatic carbocycles. The standard InChI is InChI=1S/C12H12N4O2S2/c1-7-4-10(18)16-8(6-20-12(16)14-7)5-9(17)15-11-13-2-3-19-11/h2-4,8H,5-6H2,1H3,(H,13,15,17)/t8-/m1/s1. The highest BCUT2D eigenvalue weighted by Crippen LogP contribution is 2.32. The molecule has 6 nitrogen and oxygen atoms in total. The van der Waals surface area contributed by atoms with E-state index in [0.29, 0.717) is 21.7 Å². The molecule has 1 aliphatic rings. The number of rotatable bonds is 3. The van der Waals surface area contributed by atoms with Crippen LogP contribution < -0.4 is 10.9 Å². The van der Waals surface area contributed by atoms with Crippen molar-refractivity contribution in [2.45, 2.75) is 24.5 Å². The van der Waals surface area contributed by atoms with E-state index in [1.54, 1.807) is 23.1 Å². The Morgan fingerprint density at radius 1 is 1.60 bits per heavy atom. The first-order valence-corrected chi connectivity index (χ1v) is 7.92. The van der Waals surface area contributed by atoms with Crippen molar-refractivity contribution in [2.24, 2.45) is 0 Å². The van der Waals surface area contributed by atoms with Gasteiger partial charge in [0.15, 0.2) is 10.3 Å². The van der Waals surface area contributed by atoms with E-state index in [1.165, 1.54) is 29.2 Å². The highest BCUT2D eigenvalue weighted by atomic mass is 32.2. The zero-order valence-electron chi connectivity index (χ0n) is 10.7. The van der Waals surface area contributed by atoms with E-state index in [4.69, 9.17) is 0 Å². The fourth-order valence-electron chi connectivity index (χ4n) is 2.08. The van der Waals surface area contributed by atoms with Gasteiger partial charge in [-0.3, -0.25) is 14.2 Å². The Kier molecular flexibility index (Phi) is 3.58. The van der Waals surface area contributed by atoms with E-state index < -0.39 is 0 Å². The number of hydrogen-bond acceptors (Lipinski definition) is 6. The molecule has 0 bridgehead atoms. The summed E-state index contributed by atoms with van der Waals surface area (Å²) in [5.41, 5.74) is 0.617. The van der Waals surface area contributed by atoms with Crippen molar-refractivity contribution in [3.05, 3.63) is 33.7 Å². The molecule has 104 valence electrons. The van der Waals surface area contributed by atoms with Crippen molar-refractivity contribution in [1.82, 2.24) is 14.5 Å². The lowest BCUT2D eigenvalue weighted by atomic mass is 10.2. The third-order valence-corrected chi connectivity index (χ3v) is 4.70. The maximum atomic E-state index is 12.0. The molecular weight excluding hydrogens is 296 g/mol. The van der Waals surface area contributed by atoms with Gasteiger partial charge in [0.2, 0.25) is 5.91 Å². The van der Waals surface area contributed by atoms with E-state index in [0.717, 1.165) is 0 Å². The summed E-state index contributed by atoms with van der Waals surface area (Å²) in [6.07, 6.45) is 1.89. The summed E-state index contributed by atoms with van der Waals surface area (Å²) in [5.74, 6) is 0.558.